The Hall–Kier alpha value is -1.79. The maximum absolute atomic E-state index is 12.0. The Kier molecular flexibility index (Phi) is 5.28. The van der Waals surface area contributed by atoms with Gasteiger partial charge < -0.3 is 19.1 Å². The lowest BCUT2D eigenvalue weighted by Crippen LogP contribution is -2.50. The summed E-state index contributed by atoms with van der Waals surface area (Å²) in [6.45, 7) is 6.66. The van der Waals surface area contributed by atoms with Crippen molar-refractivity contribution in [2.45, 2.75) is 44.2 Å². The lowest BCUT2D eigenvalue weighted by atomic mass is 9.79. The molecule has 1 aromatic carbocycles. The second-order valence-corrected chi connectivity index (χ2v) is 7.74. The Labute approximate surface area is 161 Å². The van der Waals surface area contributed by atoms with Gasteiger partial charge in [-0.05, 0) is 55.9 Å². The fourth-order valence-corrected chi connectivity index (χ4v) is 4.87. The molecule has 0 bridgehead atoms. The van der Waals surface area contributed by atoms with Gasteiger partial charge in [-0.15, -0.1) is 0 Å². The minimum atomic E-state index is -0.174. The molecule has 1 amide bonds. The summed E-state index contributed by atoms with van der Waals surface area (Å²) in [4.78, 5) is 16.3. The minimum absolute atomic E-state index is 0.157. The molecule has 0 aliphatic carbocycles. The van der Waals surface area contributed by atoms with Crippen molar-refractivity contribution in [3.05, 3.63) is 29.3 Å². The molecule has 27 heavy (non-hydrogen) atoms. The van der Waals surface area contributed by atoms with Crippen LogP contribution in [-0.2, 0) is 21.5 Å². The van der Waals surface area contributed by atoms with E-state index in [-0.39, 0.29) is 11.7 Å². The number of likely N-dealkylation sites (tertiary alicyclic amines) is 2. The SMILES string of the molecule is CCOC(=O)N1CCC(N2CCC3(CC2)OCCc2cc(OC)ccc23)C1. The van der Waals surface area contributed by atoms with E-state index in [0.717, 1.165) is 64.2 Å². The van der Waals surface area contributed by atoms with E-state index >= 15 is 0 Å². The van der Waals surface area contributed by atoms with Gasteiger partial charge in [0.1, 0.15) is 5.75 Å². The van der Waals surface area contributed by atoms with Crippen LogP contribution in [0.5, 0.6) is 5.75 Å². The Morgan fingerprint density at radius 1 is 1.30 bits per heavy atom. The molecule has 148 valence electrons. The Bertz CT molecular complexity index is 685. The van der Waals surface area contributed by atoms with Crippen molar-refractivity contribution < 1.29 is 19.0 Å². The topological polar surface area (TPSA) is 51.2 Å². The molecule has 1 atom stereocenters. The number of hydrogen-bond acceptors (Lipinski definition) is 5. The first-order valence-electron chi connectivity index (χ1n) is 10.1. The molecule has 1 spiro atoms. The second-order valence-electron chi connectivity index (χ2n) is 7.74. The number of amides is 1. The zero-order valence-electron chi connectivity index (χ0n) is 16.4. The predicted molar refractivity (Wildman–Crippen MR) is 102 cm³/mol. The van der Waals surface area contributed by atoms with Crippen molar-refractivity contribution in [3.8, 4) is 5.75 Å². The van der Waals surface area contributed by atoms with E-state index in [1.165, 1.54) is 11.1 Å². The Morgan fingerprint density at radius 2 is 2.11 bits per heavy atom. The molecule has 0 radical (unpaired) electrons. The van der Waals surface area contributed by atoms with E-state index in [1.807, 2.05) is 11.8 Å². The van der Waals surface area contributed by atoms with Crippen molar-refractivity contribution in [2.75, 3.05) is 46.5 Å². The van der Waals surface area contributed by atoms with Crippen LogP contribution in [0.3, 0.4) is 0 Å². The molecular weight excluding hydrogens is 344 g/mol. The number of piperidine rings is 1. The van der Waals surface area contributed by atoms with Crippen molar-refractivity contribution in [1.29, 1.82) is 0 Å². The standard InChI is InChI=1S/C21H30N2O4/c1-3-26-20(24)23-10-6-17(15-23)22-11-8-21(9-12-22)19-5-4-18(25-2)14-16(19)7-13-27-21/h4-5,14,17H,3,6-13,15H2,1-2H3. The Balaban J connectivity index is 1.41. The van der Waals surface area contributed by atoms with Gasteiger partial charge in [0.05, 0.1) is 25.9 Å². The highest BCUT2D eigenvalue weighted by Crippen LogP contribution is 2.43. The largest absolute Gasteiger partial charge is 0.497 e. The molecule has 3 heterocycles. The lowest BCUT2D eigenvalue weighted by molar-refractivity contribution is -0.102. The van der Waals surface area contributed by atoms with E-state index in [9.17, 15) is 4.79 Å². The number of fused-ring (bicyclic) bond motifs is 2. The second kappa shape index (κ2) is 7.68. The molecule has 4 rings (SSSR count). The predicted octanol–water partition coefficient (Wildman–Crippen LogP) is 2.79. The third-order valence-corrected chi connectivity index (χ3v) is 6.36. The summed E-state index contributed by atoms with van der Waals surface area (Å²) >= 11 is 0. The van der Waals surface area contributed by atoms with Crippen LogP contribution in [0.2, 0.25) is 0 Å². The van der Waals surface area contributed by atoms with Crippen LogP contribution in [0.1, 0.15) is 37.3 Å². The number of carbonyl (C=O) groups is 1. The van der Waals surface area contributed by atoms with Gasteiger partial charge in [-0.1, -0.05) is 6.07 Å². The number of rotatable bonds is 3. The first-order valence-corrected chi connectivity index (χ1v) is 10.1. The summed E-state index contributed by atoms with van der Waals surface area (Å²) in [5, 5.41) is 0. The van der Waals surface area contributed by atoms with Crippen LogP contribution in [-0.4, -0.2) is 68.4 Å². The van der Waals surface area contributed by atoms with Crippen molar-refractivity contribution in [3.63, 3.8) is 0 Å². The summed E-state index contributed by atoms with van der Waals surface area (Å²) in [7, 11) is 1.72. The van der Waals surface area contributed by atoms with Crippen molar-refractivity contribution in [2.24, 2.45) is 0 Å². The lowest BCUT2D eigenvalue weighted by Gasteiger charge is -2.46. The highest BCUT2D eigenvalue weighted by molar-refractivity contribution is 5.68. The van der Waals surface area contributed by atoms with Crippen LogP contribution in [0.15, 0.2) is 18.2 Å². The fraction of sp³-hybridized carbons (Fsp3) is 0.667. The number of ether oxygens (including phenoxy) is 3. The number of nitrogens with zero attached hydrogens (tertiary/aromatic N) is 2. The van der Waals surface area contributed by atoms with Crippen LogP contribution < -0.4 is 4.74 Å². The molecular formula is C21H30N2O4. The van der Waals surface area contributed by atoms with Crippen molar-refractivity contribution in [1.82, 2.24) is 9.80 Å². The quantitative estimate of drug-likeness (QED) is 0.814. The molecule has 6 heteroatoms. The van der Waals surface area contributed by atoms with Gasteiger partial charge in [0, 0.05) is 32.2 Å². The molecule has 1 unspecified atom stereocenters. The van der Waals surface area contributed by atoms with Crippen LogP contribution in [0.25, 0.3) is 0 Å². The van der Waals surface area contributed by atoms with E-state index in [1.54, 1.807) is 7.11 Å². The van der Waals surface area contributed by atoms with Crippen LogP contribution in [0, 0.1) is 0 Å². The normalized spacial score (nSPS) is 24.7. The zero-order valence-corrected chi connectivity index (χ0v) is 16.4. The highest BCUT2D eigenvalue weighted by Gasteiger charge is 2.43. The molecule has 0 saturated carbocycles. The molecule has 0 N–H and O–H groups in total. The van der Waals surface area contributed by atoms with Gasteiger partial charge in [0.15, 0.2) is 0 Å². The Morgan fingerprint density at radius 3 is 2.85 bits per heavy atom. The van der Waals surface area contributed by atoms with Gasteiger partial charge in [-0.2, -0.15) is 0 Å². The molecule has 2 saturated heterocycles. The van der Waals surface area contributed by atoms with Crippen molar-refractivity contribution >= 4 is 6.09 Å². The van der Waals surface area contributed by atoms with Crippen LogP contribution >= 0.6 is 0 Å². The summed E-state index contributed by atoms with van der Waals surface area (Å²) in [5.74, 6) is 0.924. The summed E-state index contributed by atoms with van der Waals surface area (Å²) < 4.78 is 16.9. The minimum Gasteiger partial charge on any atom is -0.497 e. The molecule has 3 aliphatic rings. The van der Waals surface area contributed by atoms with Gasteiger partial charge in [-0.3, -0.25) is 4.90 Å². The van der Waals surface area contributed by atoms with E-state index in [0.29, 0.717) is 12.6 Å². The maximum atomic E-state index is 12.0. The molecule has 0 aromatic heterocycles. The third kappa shape index (κ3) is 3.52. The van der Waals surface area contributed by atoms with E-state index < -0.39 is 0 Å². The van der Waals surface area contributed by atoms with Gasteiger partial charge in [0.25, 0.3) is 0 Å². The summed E-state index contributed by atoms with van der Waals surface area (Å²) in [5.41, 5.74) is 2.55. The number of methoxy groups -OCH3 is 1. The monoisotopic (exact) mass is 374 g/mol. The van der Waals surface area contributed by atoms with E-state index in [4.69, 9.17) is 14.2 Å². The number of benzene rings is 1. The average Bonchev–Trinajstić information content (AvgIpc) is 3.19. The first kappa shape index (κ1) is 18.6. The smallest absolute Gasteiger partial charge is 0.409 e. The van der Waals surface area contributed by atoms with Gasteiger partial charge >= 0.3 is 6.09 Å². The molecule has 1 aromatic rings. The number of hydrogen-bond donors (Lipinski definition) is 0. The van der Waals surface area contributed by atoms with Gasteiger partial charge in [0.2, 0.25) is 0 Å². The first-order chi connectivity index (χ1) is 13.1. The maximum Gasteiger partial charge on any atom is 0.409 e. The van der Waals surface area contributed by atoms with Crippen LogP contribution in [0.4, 0.5) is 4.79 Å². The fourth-order valence-electron chi connectivity index (χ4n) is 4.87. The number of carbonyl (C=O) groups excluding carboxylic acids is 1. The molecule has 6 nitrogen and oxygen atoms in total. The zero-order chi connectivity index (χ0) is 18.9. The molecule has 2 fully saturated rings. The highest BCUT2D eigenvalue weighted by atomic mass is 16.6. The van der Waals surface area contributed by atoms with E-state index in [2.05, 4.69) is 23.1 Å². The van der Waals surface area contributed by atoms with Gasteiger partial charge in [-0.25, -0.2) is 4.79 Å². The summed E-state index contributed by atoms with van der Waals surface area (Å²) in [6.07, 6.45) is 3.81. The molecule has 3 aliphatic heterocycles. The third-order valence-electron chi connectivity index (χ3n) is 6.36. The summed E-state index contributed by atoms with van der Waals surface area (Å²) in [6, 6.07) is 6.85. The average molecular weight is 374 g/mol.